The van der Waals surface area contributed by atoms with Crippen molar-refractivity contribution in [3.8, 4) is 0 Å². The third-order valence-corrected chi connectivity index (χ3v) is 5.31. The van der Waals surface area contributed by atoms with Gasteiger partial charge in [-0.2, -0.15) is 0 Å². The minimum absolute atomic E-state index is 0.120. The maximum atomic E-state index is 12.3. The highest BCUT2D eigenvalue weighted by Crippen LogP contribution is 2.29. The Bertz CT molecular complexity index is 539. The number of thioether (sulfide) groups is 1. The SMILES string of the molecule is C=CCn1c(S[C@@H](C)C(=O)N(C)CC)nnc1C1CCNCC1. The van der Waals surface area contributed by atoms with Crippen LogP contribution < -0.4 is 5.32 Å². The molecular formula is C16H27N5OS. The maximum Gasteiger partial charge on any atom is 0.235 e. The third kappa shape index (κ3) is 4.35. The van der Waals surface area contributed by atoms with E-state index in [0.717, 1.165) is 36.9 Å². The van der Waals surface area contributed by atoms with Gasteiger partial charge in [0.2, 0.25) is 5.91 Å². The summed E-state index contributed by atoms with van der Waals surface area (Å²) in [6.45, 7) is 11.2. The van der Waals surface area contributed by atoms with Crippen LogP contribution in [0.2, 0.25) is 0 Å². The van der Waals surface area contributed by atoms with Crippen LogP contribution in [-0.2, 0) is 11.3 Å². The summed E-state index contributed by atoms with van der Waals surface area (Å²) in [5.74, 6) is 1.58. The van der Waals surface area contributed by atoms with Gasteiger partial charge >= 0.3 is 0 Å². The average Bonchev–Trinajstić information content (AvgIpc) is 2.97. The second-order valence-electron chi connectivity index (χ2n) is 5.88. The van der Waals surface area contributed by atoms with Crippen molar-refractivity contribution in [2.75, 3.05) is 26.7 Å². The van der Waals surface area contributed by atoms with Gasteiger partial charge in [0.25, 0.3) is 0 Å². The maximum absolute atomic E-state index is 12.3. The van der Waals surface area contributed by atoms with E-state index < -0.39 is 0 Å². The number of hydrogen-bond acceptors (Lipinski definition) is 5. The molecule has 0 radical (unpaired) electrons. The Hall–Kier alpha value is -1.34. The largest absolute Gasteiger partial charge is 0.345 e. The van der Waals surface area contributed by atoms with Crippen LogP contribution in [0.5, 0.6) is 0 Å². The normalized spacial score (nSPS) is 17.0. The molecule has 1 saturated heterocycles. The summed E-state index contributed by atoms with van der Waals surface area (Å²) in [4.78, 5) is 14.0. The third-order valence-electron chi connectivity index (χ3n) is 4.24. The van der Waals surface area contributed by atoms with Gasteiger partial charge in [0.15, 0.2) is 5.16 Å². The molecule has 1 fully saturated rings. The van der Waals surface area contributed by atoms with Gasteiger partial charge in [-0.05, 0) is 39.8 Å². The predicted molar refractivity (Wildman–Crippen MR) is 93.7 cm³/mol. The van der Waals surface area contributed by atoms with Crippen molar-refractivity contribution in [1.29, 1.82) is 0 Å². The molecule has 128 valence electrons. The van der Waals surface area contributed by atoms with Crippen molar-refractivity contribution in [1.82, 2.24) is 25.0 Å². The fourth-order valence-corrected chi connectivity index (χ4v) is 3.73. The molecule has 6 nitrogen and oxygen atoms in total. The van der Waals surface area contributed by atoms with Gasteiger partial charge in [-0.15, -0.1) is 16.8 Å². The van der Waals surface area contributed by atoms with E-state index in [1.165, 1.54) is 11.8 Å². The zero-order valence-electron chi connectivity index (χ0n) is 14.3. The lowest BCUT2D eigenvalue weighted by Crippen LogP contribution is -2.33. The summed E-state index contributed by atoms with van der Waals surface area (Å²) < 4.78 is 2.11. The van der Waals surface area contributed by atoms with Crippen molar-refractivity contribution in [2.24, 2.45) is 0 Å². The Morgan fingerprint density at radius 3 is 2.83 bits per heavy atom. The molecule has 1 aliphatic rings. The Labute approximate surface area is 142 Å². The molecule has 0 spiro atoms. The van der Waals surface area contributed by atoms with Crippen molar-refractivity contribution < 1.29 is 4.79 Å². The molecule has 1 aromatic rings. The number of allylic oxidation sites excluding steroid dienone is 1. The van der Waals surface area contributed by atoms with Crippen molar-refractivity contribution in [2.45, 2.75) is 49.6 Å². The molecule has 23 heavy (non-hydrogen) atoms. The van der Waals surface area contributed by atoms with Crippen molar-refractivity contribution in [3.63, 3.8) is 0 Å². The molecule has 0 aliphatic carbocycles. The van der Waals surface area contributed by atoms with Gasteiger partial charge < -0.3 is 14.8 Å². The first kappa shape index (κ1) is 18.0. The molecule has 1 amide bonds. The van der Waals surface area contributed by atoms with Crippen LogP contribution in [0.4, 0.5) is 0 Å². The highest BCUT2D eigenvalue weighted by Gasteiger charge is 2.25. The van der Waals surface area contributed by atoms with E-state index in [-0.39, 0.29) is 11.2 Å². The number of piperidine rings is 1. The van der Waals surface area contributed by atoms with Crippen LogP contribution in [0.1, 0.15) is 38.4 Å². The van der Waals surface area contributed by atoms with Gasteiger partial charge in [-0.25, -0.2) is 0 Å². The van der Waals surface area contributed by atoms with E-state index in [9.17, 15) is 4.79 Å². The average molecular weight is 337 g/mol. The molecule has 0 bridgehead atoms. The van der Waals surface area contributed by atoms with Crippen LogP contribution in [-0.4, -0.2) is 57.5 Å². The zero-order chi connectivity index (χ0) is 16.8. The van der Waals surface area contributed by atoms with E-state index in [0.29, 0.717) is 19.0 Å². The second kappa shape index (κ2) is 8.49. The Morgan fingerprint density at radius 1 is 1.52 bits per heavy atom. The molecule has 0 unspecified atom stereocenters. The number of hydrogen-bond donors (Lipinski definition) is 1. The predicted octanol–water partition coefficient (Wildman–Crippen LogP) is 1.89. The molecule has 0 saturated carbocycles. The van der Waals surface area contributed by atoms with Gasteiger partial charge in [-0.1, -0.05) is 17.8 Å². The molecule has 2 heterocycles. The fraction of sp³-hybridized carbons (Fsp3) is 0.688. The van der Waals surface area contributed by atoms with Crippen LogP contribution in [0.15, 0.2) is 17.8 Å². The number of carbonyl (C=O) groups excluding carboxylic acids is 1. The molecule has 1 aliphatic heterocycles. The van der Waals surface area contributed by atoms with E-state index in [1.54, 1.807) is 4.90 Å². The summed E-state index contributed by atoms with van der Waals surface area (Å²) in [5, 5.41) is 12.8. The minimum Gasteiger partial charge on any atom is -0.345 e. The highest BCUT2D eigenvalue weighted by molar-refractivity contribution is 8.00. The Kier molecular flexibility index (Phi) is 6.65. The number of carbonyl (C=O) groups is 1. The van der Waals surface area contributed by atoms with Gasteiger partial charge in [-0.3, -0.25) is 4.79 Å². The van der Waals surface area contributed by atoms with Gasteiger partial charge in [0.1, 0.15) is 5.82 Å². The molecular weight excluding hydrogens is 310 g/mol. The zero-order valence-corrected chi connectivity index (χ0v) is 15.1. The lowest BCUT2D eigenvalue weighted by atomic mass is 9.97. The Morgan fingerprint density at radius 2 is 2.22 bits per heavy atom. The monoisotopic (exact) mass is 337 g/mol. The molecule has 2 rings (SSSR count). The van der Waals surface area contributed by atoms with Gasteiger partial charge in [0, 0.05) is 26.1 Å². The molecule has 1 N–H and O–H groups in total. The van der Waals surface area contributed by atoms with Gasteiger partial charge in [0.05, 0.1) is 5.25 Å². The molecule has 0 aromatic carbocycles. The Balaban J connectivity index is 2.16. The molecule has 7 heteroatoms. The quantitative estimate of drug-likeness (QED) is 0.608. The number of nitrogens with zero attached hydrogens (tertiary/aromatic N) is 4. The van der Waals surface area contributed by atoms with Crippen molar-refractivity contribution >= 4 is 17.7 Å². The first-order chi connectivity index (χ1) is 11.1. The number of nitrogens with one attached hydrogen (secondary N) is 1. The smallest absolute Gasteiger partial charge is 0.235 e. The summed E-state index contributed by atoms with van der Waals surface area (Å²) in [6, 6.07) is 0. The summed E-state index contributed by atoms with van der Waals surface area (Å²) in [6.07, 6.45) is 4.02. The topological polar surface area (TPSA) is 63.1 Å². The summed E-state index contributed by atoms with van der Waals surface area (Å²) >= 11 is 1.48. The lowest BCUT2D eigenvalue weighted by Gasteiger charge is -2.23. The van der Waals surface area contributed by atoms with Crippen LogP contribution in [0.25, 0.3) is 0 Å². The fourth-order valence-electron chi connectivity index (χ4n) is 2.74. The number of rotatable bonds is 7. The minimum atomic E-state index is -0.173. The standard InChI is InChI=1S/C16H27N5OS/c1-5-11-21-14(13-7-9-17-10-8-13)18-19-16(21)23-12(3)15(22)20(4)6-2/h5,12-13,17H,1,6-11H2,2-4H3/t12-/m0/s1. The molecule has 1 aromatic heterocycles. The van der Waals surface area contributed by atoms with Crippen LogP contribution in [0, 0.1) is 0 Å². The highest BCUT2D eigenvalue weighted by atomic mass is 32.2. The van der Waals surface area contributed by atoms with E-state index in [1.807, 2.05) is 27.0 Å². The lowest BCUT2D eigenvalue weighted by molar-refractivity contribution is -0.128. The van der Waals surface area contributed by atoms with E-state index in [4.69, 9.17) is 0 Å². The first-order valence-electron chi connectivity index (χ1n) is 8.24. The summed E-state index contributed by atoms with van der Waals surface area (Å²) in [5.41, 5.74) is 0. The van der Waals surface area contributed by atoms with Crippen LogP contribution in [0.3, 0.4) is 0 Å². The first-order valence-corrected chi connectivity index (χ1v) is 9.12. The van der Waals surface area contributed by atoms with E-state index in [2.05, 4.69) is 26.7 Å². The summed E-state index contributed by atoms with van der Waals surface area (Å²) in [7, 11) is 1.83. The van der Waals surface area contributed by atoms with E-state index >= 15 is 0 Å². The number of amides is 1. The molecule has 1 atom stereocenters. The number of aromatic nitrogens is 3. The van der Waals surface area contributed by atoms with Crippen molar-refractivity contribution in [3.05, 3.63) is 18.5 Å². The second-order valence-corrected chi connectivity index (χ2v) is 7.18. The van der Waals surface area contributed by atoms with Crippen LogP contribution >= 0.6 is 11.8 Å².